The van der Waals surface area contributed by atoms with Crippen molar-refractivity contribution in [2.24, 2.45) is 0 Å². The normalized spacial score (nSPS) is 12.1. The summed E-state index contributed by atoms with van der Waals surface area (Å²) in [6, 6.07) is 2.29. The molecule has 1 aromatic rings. The van der Waals surface area contributed by atoms with Gasteiger partial charge >= 0.3 is 0 Å². The number of aryl methyl sites for hydroxylation is 1. The SMILES string of the molecule is CCN(CCOC)S(=O)(=O)c1cc(N)c(C)cc1F. The minimum Gasteiger partial charge on any atom is -0.398 e. The zero-order chi connectivity index (χ0) is 14.6. The molecule has 0 fully saturated rings. The molecule has 5 nitrogen and oxygen atoms in total. The van der Waals surface area contributed by atoms with Crippen molar-refractivity contribution >= 4 is 15.7 Å². The van der Waals surface area contributed by atoms with Crippen LogP contribution in [0.4, 0.5) is 10.1 Å². The molecule has 0 spiro atoms. The van der Waals surface area contributed by atoms with Gasteiger partial charge in [-0.3, -0.25) is 0 Å². The van der Waals surface area contributed by atoms with Crippen LogP contribution in [0, 0.1) is 12.7 Å². The van der Waals surface area contributed by atoms with Crippen LogP contribution in [-0.2, 0) is 14.8 Å². The Morgan fingerprint density at radius 2 is 2.05 bits per heavy atom. The molecule has 0 amide bonds. The smallest absolute Gasteiger partial charge is 0.246 e. The van der Waals surface area contributed by atoms with Crippen LogP contribution in [0.5, 0.6) is 0 Å². The fraction of sp³-hybridized carbons (Fsp3) is 0.500. The molecule has 0 aliphatic carbocycles. The average Bonchev–Trinajstić information content (AvgIpc) is 2.34. The number of nitrogens with zero attached hydrogens (tertiary/aromatic N) is 1. The summed E-state index contributed by atoms with van der Waals surface area (Å²) in [5.41, 5.74) is 6.42. The number of likely N-dealkylation sites (N-methyl/N-ethyl adjacent to an activating group) is 1. The van der Waals surface area contributed by atoms with Crippen molar-refractivity contribution in [2.75, 3.05) is 32.5 Å². The first-order valence-corrected chi connectivity index (χ1v) is 7.33. The molecule has 0 unspecified atom stereocenters. The average molecular weight is 290 g/mol. The zero-order valence-corrected chi connectivity index (χ0v) is 12.1. The summed E-state index contributed by atoms with van der Waals surface area (Å²) in [7, 11) is -2.42. The number of nitrogen functional groups attached to an aromatic ring is 1. The molecule has 19 heavy (non-hydrogen) atoms. The Morgan fingerprint density at radius 1 is 1.42 bits per heavy atom. The van der Waals surface area contributed by atoms with Gasteiger partial charge in [0.25, 0.3) is 0 Å². The molecule has 0 saturated heterocycles. The number of hydrogen-bond donors (Lipinski definition) is 1. The number of ether oxygens (including phenoxy) is 1. The van der Waals surface area contributed by atoms with Gasteiger partial charge in [0, 0.05) is 25.9 Å². The van der Waals surface area contributed by atoms with Crippen molar-refractivity contribution in [1.82, 2.24) is 4.31 Å². The Hall–Kier alpha value is -1.18. The second-order valence-corrected chi connectivity index (χ2v) is 6.04. The van der Waals surface area contributed by atoms with E-state index in [-0.39, 0.29) is 25.4 Å². The van der Waals surface area contributed by atoms with Crippen LogP contribution < -0.4 is 5.73 Å². The Balaban J connectivity index is 3.22. The van der Waals surface area contributed by atoms with E-state index in [1.165, 1.54) is 7.11 Å². The highest BCUT2D eigenvalue weighted by Crippen LogP contribution is 2.24. The van der Waals surface area contributed by atoms with E-state index >= 15 is 0 Å². The summed E-state index contributed by atoms with van der Waals surface area (Å²) in [6.07, 6.45) is 0. The van der Waals surface area contributed by atoms with E-state index in [2.05, 4.69) is 0 Å². The maximum Gasteiger partial charge on any atom is 0.246 e. The third-order valence-corrected chi connectivity index (χ3v) is 4.83. The van der Waals surface area contributed by atoms with Gasteiger partial charge in [-0.1, -0.05) is 6.92 Å². The molecule has 7 heteroatoms. The van der Waals surface area contributed by atoms with Crippen molar-refractivity contribution in [2.45, 2.75) is 18.7 Å². The van der Waals surface area contributed by atoms with Crippen molar-refractivity contribution in [3.63, 3.8) is 0 Å². The quantitative estimate of drug-likeness (QED) is 0.803. The van der Waals surface area contributed by atoms with Crippen molar-refractivity contribution in [3.8, 4) is 0 Å². The molecule has 0 heterocycles. The number of benzene rings is 1. The van der Waals surface area contributed by atoms with E-state index in [4.69, 9.17) is 10.5 Å². The molecular weight excluding hydrogens is 271 g/mol. The standard InChI is InChI=1S/C12H19FN2O3S/c1-4-15(5-6-18-3)19(16,17)12-8-11(14)9(2)7-10(12)13/h7-8H,4-6,14H2,1-3H3. The minimum atomic E-state index is -3.89. The Labute approximate surface area is 113 Å². The van der Waals surface area contributed by atoms with Gasteiger partial charge < -0.3 is 10.5 Å². The molecule has 0 aromatic heterocycles. The maximum absolute atomic E-state index is 13.9. The van der Waals surface area contributed by atoms with Crippen LogP contribution >= 0.6 is 0 Å². The summed E-state index contributed by atoms with van der Waals surface area (Å²) in [5.74, 6) is -0.789. The number of sulfonamides is 1. The molecule has 1 aromatic carbocycles. The highest BCUT2D eigenvalue weighted by Gasteiger charge is 2.26. The largest absolute Gasteiger partial charge is 0.398 e. The molecule has 0 aliphatic heterocycles. The number of anilines is 1. The van der Waals surface area contributed by atoms with Gasteiger partial charge in [0.15, 0.2) is 0 Å². The predicted molar refractivity (Wildman–Crippen MR) is 71.9 cm³/mol. The molecule has 1 rings (SSSR count). The Kier molecular flexibility index (Phi) is 5.28. The molecule has 0 atom stereocenters. The monoisotopic (exact) mass is 290 g/mol. The number of rotatable bonds is 6. The van der Waals surface area contributed by atoms with Crippen molar-refractivity contribution in [1.29, 1.82) is 0 Å². The first kappa shape index (κ1) is 15.9. The fourth-order valence-corrected chi connectivity index (χ4v) is 3.16. The van der Waals surface area contributed by atoms with Crippen LogP contribution in [0.25, 0.3) is 0 Å². The lowest BCUT2D eigenvalue weighted by atomic mass is 10.2. The third-order valence-electron chi connectivity index (χ3n) is 2.84. The summed E-state index contributed by atoms with van der Waals surface area (Å²) in [4.78, 5) is -0.395. The van der Waals surface area contributed by atoms with Gasteiger partial charge in [-0.05, 0) is 24.6 Å². The van der Waals surface area contributed by atoms with Gasteiger partial charge in [-0.25, -0.2) is 12.8 Å². The van der Waals surface area contributed by atoms with Gasteiger partial charge in [0.1, 0.15) is 10.7 Å². The fourth-order valence-electron chi connectivity index (χ4n) is 1.65. The second-order valence-electron chi connectivity index (χ2n) is 4.13. The molecular formula is C12H19FN2O3S. The van der Waals surface area contributed by atoms with Crippen LogP contribution in [0.3, 0.4) is 0 Å². The lowest BCUT2D eigenvalue weighted by molar-refractivity contribution is 0.180. The molecule has 0 aliphatic rings. The number of nitrogens with two attached hydrogens (primary N) is 1. The van der Waals surface area contributed by atoms with Crippen LogP contribution in [-0.4, -0.2) is 39.5 Å². The molecule has 108 valence electrons. The predicted octanol–water partition coefficient (Wildman–Crippen LogP) is 1.37. The Bertz CT molecular complexity index is 546. The van der Waals surface area contributed by atoms with Gasteiger partial charge in [-0.2, -0.15) is 4.31 Å². The van der Waals surface area contributed by atoms with E-state index in [1.54, 1.807) is 13.8 Å². The van der Waals surface area contributed by atoms with E-state index in [1.807, 2.05) is 0 Å². The summed E-state index contributed by atoms with van der Waals surface area (Å²) in [5, 5.41) is 0. The van der Waals surface area contributed by atoms with Gasteiger partial charge in [-0.15, -0.1) is 0 Å². The topological polar surface area (TPSA) is 72.6 Å². The highest BCUT2D eigenvalue weighted by molar-refractivity contribution is 7.89. The summed E-state index contributed by atoms with van der Waals surface area (Å²) >= 11 is 0. The zero-order valence-electron chi connectivity index (χ0n) is 11.3. The van der Waals surface area contributed by atoms with Crippen LogP contribution in [0.2, 0.25) is 0 Å². The second kappa shape index (κ2) is 6.31. The third kappa shape index (κ3) is 3.43. The van der Waals surface area contributed by atoms with Gasteiger partial charge in [0.05, 0.1) is 6.61 Å². The molecule has 2 N–H and O–H groups in total. The molecule has 0 radical (unpaired) electrons. The van der Waals surface area contributed by atoms with Crippen molar-refractivity contribution < 1.29 is 17.5 Å². The minimum absolute atomic E-state index is 0.169. The van der Waals surface area contributed by atoms with Gasteiger partial charge in [0.2, 0.25) is 10.0 Å². The number of hydrogen-bond acceptors (Lipinski definition) is 4. The summed E-state index contributed by atoms with van der Waals surface area (Å²) < 4.78 is 44.5. The van der Waals surface area contributed by atoms with E-state index in [9.17, 15) is 12.8 Å². The van der Waals surface area contributed by atoms with E-state index in [0.29, 0.717) is 5.56 Å². The first-order valence-electron chi connectivity index (χ1n) is 5.89. The lowest BCUT2D eigenvalue weighted by Gasteiger charge is -2.20. The van der Waals surface area contributed by atoms with Crippen molar-refractivity contribution in [3.05, 3.63) is 23.5 Å². The Morgan fingerprint density at radius 3 is 2.58 bits per heavy atom. The molecule has 0 bridgehead atoms. The van der Waals surface area contributed by atoms with Crippen LogP contribution in [0.1, 0.15) is 12.5 Å². The first-order chi connectivity index (χ1) is 8.84. The summed E-state index contributed by atoms with van der Waals surface area (Å²) in [6.45, 7) is 3.96. The van der Waals surface area contributed by atoms with E-state index < -0.39 is 20.7 Å². The lowest BCUT2D eigenvalue weighted by Crippen LogP contribution is -2.34. The number of halogens is 1. The van der Waals surface area contributed by atoms with E-state index in [0.717, 1.165) is 16.4 Å². The number of methoxy groups -OCH3 is 1. The molecule has 0 saturated carbocycles. The maximum atomic E-state index is 13.9. The van der Waals surface area contributed by atoms with Crippen LogP contribution in [0.15, 0.2) is 17.0 Å². The highest BCUT2D eigenvalue weighted by atomic mass is 32.2.